The first-order chi connectivity index (χ1) is 72.5. The SMILES string of the molecule is Cc1cccc(-c2ccc(-c3cc(-c4ccc(-c5ccccn5)cc4)cc(-c4nc(-c5ccccc5)cc(-c5ccccc5)n4)c3)cc2)n1.Cc1cccc(-c2ccc(-c3cc(-c4ccc(-c5cnccn5)cc4)cc(-c4nc(-c5ccccc5)cc(-c5ccccc5)n4)c3)cc2)n1.Cc1cccc(-c2ccc(-c3cc(-c4ccc(-c5ncccn5)cc4)cc(-c4nc(-c5ccccc5)cc(-c5ccccc5)n4)c3)cc2)n1. The van der Waals surface area contributed by atoms with Gasteiger partial charge in [-0.1, -0.05) is 352 Å². The van der Waals surface area contributed by atoms with Gasteiger partial charge < -0.3 is 0 Å². The van der Waals surface area contributed by atoms with E-state index in [1.54, 1.807) is 31.0 Å². The molecule has 0 spiro atoms. The summed E-state index contributed by atoms with van der Waals surface area (Å²) in [6.45, 7) is 6.05. The van der Waals surface area contributed by atoms with Crippen molar-refractivity contribution in [3.8, 4) is 236 Å². The Hall–Kier alpha value is -19.7. The molecular formula is C133H94N14. The van der Waals surface area contributed by atoms with E-state index < -0.39 is 0 Å². The van der Waals surface area contributed by atoms with Crippen LogP contribution in [-0.2, 0) is 0 Å². The average Bonchev–Trinajstić information content (AvgIpc) is 0.784. The van der Waals surface area contributed by atoms with Gasteiger partial charge in [0.1, 0.15) is 0 Å². The number of hydrogen-bond acceptors (Lipinski definition) is 14. The first-order valence-electron chi connectivity index (χ1n) is 48.8. The van der Waals surface area contributed by atoms with Crippen molar-refractivity contribution in [1.82, 2.24) is 69.8 Å². The molecular weight excluding hydrogens is 1790 g/mol. The van der Waals surface area contributed by atoms with E-state index in [2.05, 4.69) is 322 Å². The van der Waals surface area contributed by atoms with Crippen molar-refractivity contribution in [3.63, 3.8) is 0 Å². The normalized spacial score (nSPS) is 11.0. The lowest BCUT2D eigenvalue weighted by Crippen LogP contribution is -1.97. The van der Waals surface area contributed by atoms with Gasteiger partial charge in [0, 0.05) is 132 Å². The highest BCUT2D eigenvalue weighted by Gasteiger charge is 2.21. The van der Waals surface area contributed by atoms with Gasteiger partial charge in [-0.05, 0) is 215 Å². The van der Waals surface area contributed by atoms with Crippen LogP contribution in [0.2, 0.25) is 0 Å². The standard InChI is InChI=1S/C45H32N4.2C44H31N5/c1-31-11-10-17-42(47-31)37-24-20-33(21-25-37)39-27-38(32-18-22-36(23-19-32)41-16-8-9-26-46-41)28-40(29-39)45-48-43(34-12-4-2-5-13-34)30-44(49-45)35-14-6-3-7-15-35;1-30-10-8-15-40(47-30)35-20-16-31(17-21-35)37-26-38(32-18-22-36(23-19-32)43-45-24-9-25-46-43)28-39(27-37)44-48-41(33-11-4-2-5-12-33)29-42(49-44)34-13-6-3-7-14-34;1-30-9-8-14-40(47-30)35-19-15-31(16-20-35)37-25-38(32-17-21-36(22-18-32)43-29-45-23-24-46-43)27-39(26-37)44-48-41(33-10-4-2-5-11-33)28-42(49-44)34-12-6-3-7-13-34/h2-30H,1H3;2*2-29H,1H3. The summed E-state index contributed by atoms with van der Waals surface area (Å²) >= 11 is 0. The number of pyridine rings is 4. The Labute approximate surface area is 854 Å². The fraction of sp³-hybridized carbons (Fsp3) is 0.0226. The molecule has 24 aromatic rings. The molecule has 147 heavy (non-hydrogen) atoms. The van der Waals surface area contributed by atoms with Crippen LogP contribution < -0.4 is 0 Å². The molecule has 24 rings (SSSR count). The zero-order chi connectivity index (χ0) is 99.0. The summed E-state index contributed by atoms with van der Waals surface area (Å²) in [5.74, 6) is 2.71. The molecule has 696 valence electrons. The van der Waals surface area contributed by atoms with Crippen LogP contribution in [0.3, 0.4) is 0 Å². The molecule has 0 aliphatic carbocycles. The van der Waals surface area contributed by atoms with Gasteiger partial charge in [-0.2, -0.15) is 0 Å². The molecule has 14 nitrogen and oxygen atoms in total. The summed E-state index contributed by atoms with van der Waals surface area (Å²) < 4.78 is 0. The molecule has 9 heterocycles. The van der Waals surface area contributed by atoms with E-state index in [1.807, 2.05) is 209 Å². The van der Waals surface area contributed by atoms with E-state index in [0.717, 1.165) is 230 Å². The minimum absolute atomic E-state index is 0.665. The molecule has 0 radical (unpaired) electrons. The van der Waals surface area contributed by atoms with Gasteiger partial charge >= 0.3 is 0 Å². The number of aromatic nitrogens is 14. The lowest BCUT2D eigenvalue weighted by atomic mass is 9.94. The topological polar surface area (TPSA) is 180 Å². The van der Waals surface area contributed by atoms with Crippen LogP contribution in [0.25, 0.3) is 236 Å². The number of benzene rings is 15. The lowest BCUT2D eigenvalue weighted by Gasteiger charge is -2.13. The van der Waals surface area contributed by atoms with Crippen LogP contribution in [-0.4, -0.2) is 69.8 Å². The number of rotatable bonds is 21. The van der Waals surface area contributed by atoms with Crippen LogP contribution in [0, 0.1) is 20.8 Å². The summed E-state index contributed by atoms with van der Waals surface area (Å²) in [5, 5.41) is 0. The minimum Gasteiger partial charge on any atom is -0.261 e. The molecule has 0 fully saturated rings. The van der Waals surface area contributed by atoms with Gasteiger partial charge in [-0.15, -0.1) is 0 Å². The van der Waals surface area contributed by atoms with Crippen molar-refractivity contribution in [2.24, 2.45) is 0 Å². The smallest absolute Gasteiger partial charge is 0.160 e. The van der Waals surface area contributed by atoms with Gasteiger partial charge in [-0.25, -0.2) is 39.9 Å². The maximum atomic E-state index is 5.16. The van der Waals surface area contributed by atoms with Crippen molar-refractivity contribution in [1.29, 1.82) is 0 Å². The quantitative estimate of drug-likeness (QED) is 0.0663. The maximum absolute atomic E-state index is 5.16. The summed E-state index contributed by atoms with van der Waals surface area (Å²) in [6, 6.07) is 165. The van der Waals surface area contributed by atoms with E-state index in [0.29, 0.717) is 23.3 Å². The fourth-order valence-electron chi connectivity index (χ4n) is 18.1. The Morgan fingerprint density at radius 2 is 0.333 bits per heavy atom. The second kappa shape index (κ2) is 43.2. The molecule has 0 saturated carbocycles. The van der Waals surface area contributed by atoms with Gasteiger partial charge in [-0.3, -0.25) is 29.9 Å². The number of aryl methyl sites for hydroxylation is 3. The van der Waals surface area contributed by atoms with Gasteiger partial charge in [0.2, 0.25) is 0 Å². The molecule has 0 amide bonds. The number of nitrogens with zero attached hydrogens (tertiary/aromatic N) is 14. The lowest BCUT2D eigenvalue weighted by molar-refractivity contribution is 1.18. The zero-order valence-electron chi connectivity index (χ0n) is 80.8. The van der Waals surface area contributed by atoms with E-state index in [1.165, 1.54) is 0 Å². The third-order valence-electron chi connectivity index (χ3n) is 25.7. The highest BCUT2D eigenvalue weighted by molar-refractivity contribution is 5.88. The number of hydrogen-bond donors (Lipinski definition) is 0. The first kappa shape index (κ1) is 92.3. The molecule has 0 unspecified atom stereocenters. The predicted molar refractivity (Wildman–Crippen MR) is 597 cm³/mol. The van der Waals surface area contributed by atoms with Gasteiger partial charge in [0.15, 0.2) is 23.3 Å². The van der Waals surface area contributed by atoms with Crippen molar-refractivity contribution >= 4 is 0 Å². The van der Waals surface area contributed by atoms with Crippen LogP contribution in [0.1, 0.15) is 17.1 Å². The van der Waals surface area contributed by atoms with Crippen molar-refractivity contribution < 1.29 is 0 Å². The fourth-order valence-corrected chi connectivity index (χ4v) is 18.1. The minimum atomic E-state index is 0.665. The monoisotopic (exact) mass is 1890 g/mol. The van der Waals surface area contributed by atoms with Crippen molar-refractivity contribution in [2.75, 3.05) is 0 Å². The van der Waals surface area contributed by atoms with Crippen molar-refractivity contribution in [2.45, 2.75) is 20.8 Å². The second-order valence-electron chi connectivity index (χ2n) is 35.8. The molecule has 0 atom stereocenters. The highest BCUT2D eigenvalue weighted by atomic mass is 14.9. The third-order valence-corrected chi connectivity index (χ3v) is 25.7. The van der Waals surface area contributed by atoms with Crippen LogP contribution in [0.4, 0.5) is 0 Å². The van der Waals surface area contributed by atoms with E-state index in [9.17, 15) is 0 Å². The molecule has 0 aliphatic heterocycles. The summed E-state index contributed by atoms with van der Waals surface area (Å²) in [7, 11) is 0. The van der Waals surface area contributed by atoms with E-state index >= 15 is 0 Å². The highest BCUT2D eigenvalue weighted by Crippen LogP contribution is 2.42. The van der Waals surface area contributed by atoms with Crippen LogP contribution in [0.5, 0.6) is 0 Å². The summed E-state index contributed by atoms with van der Waals surface area (Å²) in [5.41, 5.74) is 41.3. The van der Waals surface area contributed by atoms with E-state index in [-0.39, 0.29) is 0 Å². The second-order valence-corrected chi connectivity index (χ2v) is 35.8. The van der Waals surface area contributed by atoms with E-state index in [4.69, 9.17) is 44.9 Å². The molecule has 9 aromatic heterocycles. The Bertz CT molecular complexity index is 7700. The Balaban J connectivity index is 0.000000125. The average molecular weight is 1890 g/mol. The zero-order valence-corrected chi connectivity index (χ0v) is 80.8. The molecule has 0 N–H and O–H groups in total. The van der Waals surface area contributed by atoms with Gasteiger partial charge in [0.25, 0.3) is 0 Å². The largest absolute Gasteiger partial charge is 0.261 e. The molecule has 0 aliphatic rings. The van der Waals surface area contributed by atoms with Crippen molar-refractivity contribution in [3.05, 3.63) is 534 Å². The Morgan fingerprint density at radius 3 is 0.585 bits per heavy atom. The predicted octanol–water partition coefficient (Wildman–Crippen LogP) is 32.5. The molecule has 0 bridgehead atoms. The molecule has 15 aromatic carbocycles. The van der Waals surface area contributed by atoms with Crippen LogP contribution >= 0.6 is 0 Å². The Kier molecular flexibility index (Phi) is 27.1. The first-order valence-corrected chi connectivity index (χ1v) is 48.8. The summed E-state index contributed by atoms with van der Waals surface area (Å²) in [4.78, 5) is 67.2. The third kappa shape index (κ3) is 21.9. The van der Waals surface area contributed by atoms with Crippen LogP contribution in [0.15, 0.2) is 516 Å². The molecule has 14 heteroatoms. The van der Waals surface area contributed by atoms with Gasteiger partial charge in [0.05, 0.1) is 68.8 Å². The maximum Gasteiger partial charge on any atom is 0.160 e. The Morgan fingerprint density at radius 1 is 0.116 bits per heavy atom. The summed E-state index contributed by atoms with van der Waals surface area (Å²) in [6.07, 6.45) is 10.5. The molecule has 0 saturated heterocycles.